The van der Waals surface area contributed by atoms with Crippen molar-refractivity contribution in [2.24, 2.45) is 0 Å². The summed E-state index contributed by atoms with van der Waals surface area (Å²) in [5.74, 6) is -1.05. The molecule has 4 aromatic rings. The van der Waals surface area contributed by atoms with E-state index in [1.807, 2.05) is 0 Å². The van der Waals surface area contributed by atoms with E-state index in [1.54, 1.807) is 27.8 Å². The first kappa shape index (κ1) is 16.8. The Labute approximate surface area is 188 Å². The second kappa shape index (κ2) is 8.00. The van der Waals surface area contributed by atoms with Gasteiger partial charge in [0.2, 0.25) is 0 Å². The normalized spacial score (nSPS) is 14.9. The maximum atomic E-state index is 13.6. The predicted octanol–water partition coefficient (Wildman–Crippen LogP) is 4.85. The minimum atomic E-state index is -2.40. The third kappa shape index (κ3) is 3.66. The van der Waals surface area contributed by atoms with Crippen LogP contribution in [0.15, 0.2) is 66.9 Å². The number of rotatable bonds is 3. The molecule has 0 radical (unpaired) electrons. The van der Waals surface area contributed by atoms with Gasteiger partial charge < -0.3 is 4.90 Å². The highest BCUT2D eigenvalue weighted by Gasteiger charge is 2.28. The van der Waals surface area contributed by atoms with Crippen molar-refractivity contribution in [2.45, 2.75) is 19.9 Å². The summed E-state index contributed by atoms with van der Waals surface area (Å²) in [6.07, 6.45) is 1.43. The Morgan fingerprint density at radius 2 is 1.69 bits per heavy atom. The molecule has 1 aliphatic rings. The first-order chi connectivity index (χ1) is 16.7. The number of amides is 1. The molecule has 5 nitrogen and oxygen atoms in total. The number of fused-ring (bicyclic) bond motifs is 1. The molecular formula is C25H20F2N4O. The van der Waals surface area contributed by atoms with E-state index in [0.29, 0.717) is 46.7 Å². The lowest BCUT2D eigenvalue weighted by Gasteiger charge is -2.28. The Hall–Kier alpha value is -3.87. The van der Waals surface area contributed by atoms with E-state index in [9.17, 15) is 13.6 Å². The molecule has 5 rings (SSSR count). The summed E-state index contributed by atoms with van der Waals surface area (Å²) in [6.45, 7) is -1.38. The van der Waals surface area contributed by atoms with Gasteiger partial charge in [-0.25, -0.2) is 8.78 Å². The number of carbonyl (C=O) groups excluding carboxylic acids is 1. The van der Waals surface area contributed by atoms with Crippen molar-refractivity contribution < 1.29 is 17.7 Å². The fourth-order valence-corrected chi connectivity index (χ4v) is 3.97. The van der Waals surface area contributed by atoms with E-state index in [-0.39, 0.29) is 24.0 Å². The van der Waals surface area contributed by atoms with Crippen LogP contribution in [0, 0.1) is 18.5 Å². The van der Waals surface area contributed by atoms with Crippen LogP contribution in [0.25, 0.3) is 22.4 Å². The molecule has 0 aliphatic carbocycles. The summed E-state index contributed by atoms with van der Waals surface area (Å²) < 4.78 is 52.0. The third-order valence-electron chi connectivity index (χ3n) is 5.52. The summed E-state index contributed by atoms with van der Waals surface area (Å²) in [5.41, 5.74) is 3.48. The molecule has 1 amide bonds. The van der Waals surface area contributed by atoms with Gasteiger partial charge in [0.1, 0.15) is 17.3 Å². The minimum Gasteiger partial charge on any atom is -0.331 e. The molecule has 0 fully saturated rings. The Morgan fingerprint density at radius 3 is 2.41 bits per heavy atom. The number of carbonyl (C=O) groups is 1. The van der Waals surface area contributed by atoms with Gasteiger partial charge in [-0.15, -0.1) is 0 Å². The molecule has 0 N–H and O–H groups in total. The molecule has 0 saturated carbocycles. The van der Waals surface area contributed by atoms with E-state index in [1.165, 1.54) is 48.7 Å². The monoisotopic (exact) mass is 433 g/mol. The highest BCUT2D eigenvalue weighted by molar-refractivity contribution is 5.94. The van der Waals surface area contributed by atoms with Gasteiger partial charge in [-0.1, -0.05) is 0 Å². The predicted molar refractivity (Wildman–Crippen MR) is 117 cm³/mol. The summed E-state index contributed by atoms with van der Waals surface area (Å²) in [7, 11) is 0. The Bertz CT molecular complexity index is 1400. The summed E-state index contributed by atoms with van der Waals surface area (Å²) in [5, 5.41) is 4.74. The van der Waals surface area contributed by atoms with Gasteiger partial charge in [0, 0.05) is 39.2 Å². The van der Waals surface area contributed by atoms with Crippen LogP contribution in [0.4, 0.5) is 8.78 Å². The summed E-state index contributed by atoms with van der Waals surface area (Å²) >= 11 is 0. The van der Waals surface area contributed by atoms with Crippen molar-refractivity contribution in [1.29, 1.82) is 0 Å². The fraction of sp³-hybridized carbons (Fsp3) is 0.160. The average molecular weight is 433 g/mol. The molecule has 3 heterocycles. The lowest BCUT2D eigenvalue weighted by atomic mass is 9.98. The topological polar surface area (TPSA) is 51.0 Å². The highest BCUT2D eigenvalue weighted by Crippen LogP contribution is 2.37. The van der Waals surface area contributed by atoms with Crippen molar-refractivity contribution in [1.82, 2.24) is 19.7 Å². The number of pyridine rings is 1. The number of nitrogens with zero attached hydrogens (tertiary/aromatic N) is 4. The van der Waals surface area contributed by atoms with Crippen molar-refractivity contribution in [3.63, 3.8) is 0 Å². The van der Waals surface area contributed by atoms with Crippen LogP contribution in [-0.4, -0.2) is 32.1 Å². The standard InChI is InChI=1S/C25H20F2N4O/c1-16-14-19(10-11-28-16)23-22-15-30(25(32)18-4-8-21(27)9-5-18)12-13-31(22)29-24(23)17-2-6-20(26)7-3-17/h2-11,14H,12-13,15H2,1H3/i1D3. The zero-order valence-corrected chi connectivity index (χ0v) is 16.9. The zero-order chi connectivity index (χ0) is 24.7. The van der Waals surface area contributed by atoms with Crippen LogP contribution in [0.5, 0.6) is 0 Å². The summed E-state index contributed by atoms with van der Waals surface area (Å²) in [4.78, 5) is 18.8. The van der Waals surface area contributed by atoms with Crippen molar-refractivity contribution in [2.75, 3.05) is 6.54 Å². The van der Waals surface area contributed by atoms with Crippen LogP contribution in [0.2, 0.25) is 0 Å². The molecular weight excluding hydrogens is 410 g/mol. The maximum absolute atomic E-state index is 13.6. The molecule has 0 saturated heterocycles. The molecule has 32 heavy (non-hydrogen) atoms. The number of halogens is 2. The van der Waals surface area contributed by atoms with E-state index in [0.717, 1.165) is 0 Å². The molecule has 160 valence electrons. The first-order valence-corrected chi connectivity index (χ1v) is 10.1. The molecule has 0 spiro atoms. The van der Waals surface area contributed by atoms with E-state index >= 15 is 0 Å². The average Bonchev–Trinajstić information content (AvgIpc) is 3.23. The highest BCUT2D eigenvalue weighted by atomic mass is 19.1. The number of benzene rings is 2. The third-order valence-corrected chi connectivity index (χ3v) is 5.52. The number of aromatic nitrogens is 3. The second-order valence-corrected chi connectivity index (χ2v) is 7.56. The van der Waals surface area contributed by atoms with Crippen molar-refractivity contribution in [3.8, 4) is 22.4 Å². The van der Waals surface area contributed by atoms with Gasteiger partial charge in [0.25, 0.3) is 5.91 Å². The van der Waals surface area contributed by atoms with Crippen LogP contribution in [0.1, 0.15) is 25.9 Å². The quantitative estimate of drug-likeness (QED) is 0.464. The number of hydrogen-bond donors (Lipinski definition) is 0. The van der Waals surface area contributed by atoms with Crippen LogP contribution in [0.3, 0.4) is 0 Å². The van der Waals surface area contributed by atoms with Crippen molar-refractivity contribution in [3.05, 3.63) is 95.4 Å². The number of aryl methyl sites for hydroxylation is 1. The van der Waals surface area contributed by atoms with E-state index in [2.05, 4.69) is 4.98 Å². The Balaban J connectivity index is 1.61. The maximum Gasteiger partial charge on any atom is 0.254 e. The minimum absolute atomic E-state index is 0.0601. The fourth-order valence-electron chi connectivity index (χ4n) is 3.97. The molecule has 7 heteroatoms. The van der Waals surface area contributed by atoms with Crippen molar-refractivity contribution >= 4 is 5.91 Å². The molecule has 1 aliphatic heterocycles. The lowest BCUT2D eigenvalue weighted by Crippen LogP contribution is -2.38. The number of hydrogen-bond acceptors (Lipinski definition) is 3. The Morgan fingerprint density at radius 1 is 0.969 bits per heavy atom. The first-order valence-electron chi connectivity index (χ1n) is 11.6. The van der Waals surface area contributed by atoms with Gasteiger partial charge in [0.05, 0.1) is 18.8 Å². The van der Waals surface area contributed by atoms with Gasteiger partial charge >= 0.3 is 0 Å². The van der Waals surface area contributed by atoms with Gasteiger partial charge in [-0.05, 0) is 73.1 Å². The van der Waals surface area contributed by atoms with Crippen LogP contribution in [-0.2, 0) is 13.1 Å². The van der Waals surface area contributed by atoms with E-state index < -0.39 is 12.7 Å². The summed E-state index contributed by atoms with van der Waals surface area (Å²) in [6, 6.07) is 14.5. The van der Waals surface area contributed by atoms with Gasteiger partial charge in [0.15, 0.2) is 0 Å². The van der Waals surface area contributed by atoms with Crippen LogP contribution >= 0.6 is 0 Å². The smallest absolute Gasteiger partial charge is 0.254 e. The van der Waals surface area contributed by atoms with Gasteiger partial charge in [-0.2, -0.15) is 5.10 Å². The van der Waals surface area contributed by atoms with E-state index in [4.69, 9.17) is 9.21 Å². The SMILES string of the molecule is [2H]C([2H])([2H])c1cc(-c2c(-c3ccc(F)cc3)nn3c2CN(C(=O)c2ccc(F)cc2)CC3)ccn1. The Kier molecular flexibility index (Phi) is 4.19. The molecule has 2 aromatic heterocycles. The van der Waals surface area contributed by atoms with Crippen LogP contribution < -0.4 is 0 Å². The molecule has 0 unspecified atom stereocenters. The zero-order valence-electron chi connectivity index (χ0n) is 19.9. The largest absolute Gasteiger partial charge is 0.331 e. The molecule has 0 atom stereocenters. The molecule has 0 bridgehead atoms. The lowest BCUT2D eigenvalue weighted by molar-refractivity contribution is 0.0706. The molecule has 2 aromatic carbocycles. The second-order valence-electron chi connectivity index (χ2n) is 7.56. The van der Waals surface area contributed by atoms with Gasteiger partial charge in [-0.3, -0.25) is 14.5 Å².